The second kappa shape index (κ2) is 8.00. The SMILES string of the molecule is Cc1cccc(N2CCN(C(=O)[C@@H](C)Oc3ccc(Cl)cc3)CC2)c1C. The third kappa shape index (κ3) is 4.13. The zero-order valence-corrected chi connectivity index (χ0v) is 16.3. The van der Waals surface area contributed by atoms with Gasteiger partial charge in [0.2, 0.25) is 0 Å². The summed E-state index contributed by atoms with van der Waals surface area (Å²) in [6, 6.07) is 13.5. The Kier molecular flexibility index (Phi) is 5.72. The number of hydrogen-bond acceptors (Lipinski definition) is 3. The van der Waals surface area contributed by atoms with E-state index in [2.05, 4.69) is 36.9 Å². The monoisotopic (exact) mass is 372 g/mol. The number of piperazine rings is 1. The van der Waals surface area contributed by atoms with Gasteiger partial charge in [0.25, 0.3) is 5.91 Å². The van der Waals surface area contributed by atoms with Crippen LogP contribution in [-0.2, 0) is 4.79 Å². The van der Waals surface area contributed by atoms with Crippen molar-refractivity contribution in [3.63, 3.8) is 0 Å². The van der Waals surface area contributed by atoms with Crippen molar-refractivity contribution >= 4 is 23.2 Å². The number of rotatable bonds is 4. The molecule has 1 fully saturated rings. The fraction of sp³-hybridized carbons (Fsp3) is 0.381. The highest BCUT2D eigenvalue weighted by atomic mass is 35.5. The maximum atomic E-state index is 12.7. The number of benzene rings is 2. The Balaban J connectivity index is 1.57. The molecule has 1 atom stereocenters. The van der Waals surface area contributed by atoms with E-state index in [1.54, 1.807) is 31.2 Å². The highest BCUT2D eigenvalue weighted by Gasteiger charge is 2.26. The Labute approximate surface area is 160 Å². The van der Waals surface area contributed by atoms with Gasteiger partial charge in [-0.15, -0.1) is 0 Å². The zero-order chi connectivity index (χ0) is 18.7. The Morgan fingerprint density at radius 2 is 1.69 bits per heavy atom. The second-order valence-electron chi connectivity index (χ2n) is 6.75. The molecule has 1 aliphatic rings. The van der Waals surface area contributed by atoms with Crippen LogP contribution in [0.2, 0.25) is 5.02 Å². The fourth-order valence-electron chi connectivity index (χ4n) is 3.27. The number of carbonyl (C=O) groups is 1. The number of aryl methyl sites for hydroxylation is 1. The van der Waals surface area contributed by atoms with Gasteiger partial charge in [-0.1, -0.05) is 23.7 Å². The van der Waals surface area contributed by atoms with Crippen LogP contribution in [0, 0.1) is 13.8 Å². The second-order valence-corrected chi connectivity index (χ2v) is 7.18. The zero-order valence-electron chi connectivity index (χ0n) is 15.5. The molecule has 0 N–H and O–H groups in total. The Hall–Kier alpha value is -2.20. The first-order valence-corrected chi connectivity index (χ1v) is 9.35. The van der Waals surface area contributed by atoms with Gasteiger partial charge in [-0.05, 0) is 62.2 Å². The van der Waals surface area contributed by atoms with E-state index in [4.69, 9.17) is 16.3 Å². The van der Waals surface area contributed by atoms with Gasteiger partial charge in [-0.3, -0.25) is 4.79 Å². The number of hydrogen-bond donors (Lipinski definition) is 0. The smallest absolute Gasteiger partial charge is 0.263 e. The van der Waals surface area contributed by atoms with Crippen LogP contribution in [0.4, 0.5) is 5.69 Å². The standard InChI is InChI=1S/C21H25ClN2O2/c1-15-5-4-6-20(16(15)2)23-11-13-24(14-12-23)21(25)17(3)26-19-9-7-18(22)8-10-19/h4-10,17H,11-14H2,1-3H3/t17-/m1/s1. The predicted molar refractivity (Wildman–Crippen MR) is 106 cm³/mol. The molecule has 2 aromatic carbocycles. The van der Waals surface area contributed by atoms with Crippen molar-refractivity contribution in [1.82, 2.24) is 4.90 Å². The molecule has 138 valence electrons. The molecule has 0 radical (unpaired) electrons. The maximum absolute atomic E-state index is 12.7. The molecule has 5 heteroatoms. The molecule has 0 aliphatic carbocycles. The van der Waals surface area contributed by atoms with Gasteiger partial charge in [0.1, 0.15) is 5.75 Å². The van der Waals surface area contributed by atoms with Crippen LogP contribution in [0.1, 0.15) is 18.1 Å². The van der Waals surface area contributed by atoms with Gasteiger partial charge in [0.15, 0.2) is 6.10 Å². The van der Waals surface area contributed by atoms with Crippen LogP contribution >= 0.6 is 11.6 Å². The van der Waals surface area contributed by atoms with E-state index >= 15 is 0 Å². The van der Waals surface area contributed by atoms with Gasteiger partial charge >= 0.3 is 0 Å². The minimum atomic E-state index is -0.511. The van der Waals surface area contributed by atoms with Crippen LogP contribution < -0.4 is 9.64 Å². The molecule has 2 aromatic rings. The summed E-state index contributed by atoms with van der Waals surface area (Å²) in [6.45, 7) is 9.18. The van der Waals surface area contributed by atoms with Crippen molar-refractivity contribution in [1.29, 1.82) is 0 Å². The van der Waals surface area contributed by atoms with Crippen LogP contribution in [0.3, 0.4) is 0 Å². The molecular weight excluding hydrogens is 348 g/mol. The number of carbonyl (C=O) groups excluding carboxylic acids is 1. The number of anilines is 1. The van der Waals surface area contributed by atoms with Crippen molar-refractivity contribution in [2.45, 2.75) is 26.9 Å². The molecule has 26 heavy (non-hydrogen) atoms. The van der Waals surface area contributed by atoms with Gasteiger partial charge in [0, 0.05) is 36.9 Å². The molecule has 1 aliphatic heterocycles. The number of nitrogens with zero attached hydrogens (tertiary/aromatic N) is 2. The third-order valence-electron chi connectivity index (χ3n) is 4.98. The van der Waals surface area contributed by atoms with E-state index in [0.29, 0.717) is 23.9 Å². The van der Waals surface area contributed by atoms with Crippen LogP contribution in [-0.4, -0.2) is 43.1 Å². The first-order valence-electron chi connectivity index (χ1n) is 8.98. The van der Waals surface area contributed by atoms with Crippen LogP contribution in [0.15, 0.2) is 42.5 Å². The summed E-state index contributed by atoms with van der Waals surface area (Å²) in [5, 5.41) is 0.652. The largest absolute Gasteiger partial charge is 0.481 e. The van der Waals surface area contributed by atoms with E-state index in [9.17, 15) is 4.79 Å². The lowest BCUT2D eigenvalue weighted by molar-refractivity contribution is -0.138. The summed E-state index contributed by atoms with van der Waals surface area (Å²) < 4.78 is 5.77. The topological polar surface area (TPSA) is 32.8 Å². The average molecular weight is 373 g/mol. The number of ether oxygens (including phenoxy) is 1. The molecule has 1 amide bonds. The van der Waals surface area contributed by atoms with E-state index in [1.807, 2.05) is 4.90 Å². The Morgan fingerprint density at radius 3 is 2.35 bits per heavy atom. The highest BCUT2D eigenvalue weighted by molar-refractivity contribution is 6.30. The van der Waals surface area contributed by atoms with E-state index < -0.39 is 6.10 Å². The summed E-state index contributed by atoms with van der Waals surface area (Å²) in [7, 11) is 0. The van der Waals surface area contributed by atoms with Gasteiger partial charge in [-0.25, -0.2) is 0 Å². The molecular formula is C21H25ClN2O2. The first-order chi connectivity index (χ1) is 12.5. The summed E-state index contributed by atoms with van der Waals surface area (Å²) in [5.74, 6) is 0.685. The van der Waals surface area contributed by atoms with Gasteiger partial charge in [0.05, 0.1) is 0 Å². The van der Waals surface area contributed by atoms with Gasteiger partial charge in [-0.2, -0.15) is 0 Å². The average Bonchev–Trinajstić information content (AvgIpc) is 2.65. The molecule has 1 saturated heterocycles. The highest BCUT2D eigenvalue weighted by Crippen LogP contribution is 2.24. The summed E-state index contributed by atoms with van der Waals surface area (Å²) in [5.41, 5.74) is 3.88. The normalized spacial score (nSPS) is 15.7. The van der Waals surface area contributed by atoms with Crippen molar-refractivity contribution < 1.29 is 9.53 Å². The molecule has 4 nitrogen and oxygen atoms in total. The molecule has 0 saturated carbocycles. The minimum Gasteiger partial charge on any atom is -0.481 e. The van der Waals surface area contributed by atoms with Crippen LogP contribution in [0.25, 0.3) is 0 Å². The minimum absolute atomic E-state index is 0.0283. The lowest BCUT2D eigenvalue weighted by Crippen LogP contribution is -2.52. The number of halogens is 1. The quantitative estimate of drug-likeness (QED) is 0.810. The summed E-state index contributed by atoms with van der Waals surface area (Å²) in [6.07, 6.45) is -0.511. The van der Waals surface area contributed by atoms with E-state index in [1.165, 1.54) is 16.8 Å². The predicted octanol–water partition coefficient (Wildman–Crippen LogP) is 4.07. The molecule has 0 aromatic heterocycles. The number of amides is 1. The van der Waals surface area contributed by atoms with Crippen molar-refractivity contribution in [3.05, 3.63) is 58.6 Å². The molecule has 3 rings (SSSR count). The summed E-state index contributed by atoms with van der Waals surface area (Å²) >= 11 is 5.88. The van der Waals surface area contributed by atoms with Crippen LogP contribution in [0.5, 0.6) is 5.75 Å². The fourth-order valence-corrected chi connectivity index (χ4v) is 3.40. The third-order valence-corrected chi connectivity index (χ3v) is 5.23. The maximum Gasteiger partial charge on any atom is 0.263 e. The Morgan fingerprint density at radius 1 is 1.04 bits per heavy atom. The summed E-state index contributed by atoms with van der Waals surface area (Å²) in [4.78, 5) is 16.9. The van der Waals surface area contributed by atoms with Crippen molar-refractivity contribution in [2.24, 2.45) is 0 Å². The van der Waals surface area contributed by atoms with Gasteiger partial charge < -0.3 is 14.5 Å². The van der Waals surface area contributed by atoms with Crippen molar-refractivity contribution in [3.8, 4) is 5.75 Å². The molecule has 1 heterocycles. The van der Waals surface area contributed by atoms with Crippen molar-refractivity contribution in [2.75, 3.05) is 31.1 Å². The lowest BCUT2D eigenvalue weighted by atomic mass is 10.1. The Bertz CT molecular complexity index is 768. The molecule has 0 bridgehead atoms. The first kappa shape index (κ1) is 18.6. The molecule has 0 spiro atoms. The van der Waals surface area contributed by atoms with E-state index in [0.717, 1.165) is 13.1 Å². The molecule has 0 unspecified atom stereocenters. The lowest BCUT2D eigenvalue weighted by Gasteiger charge is -2.37. The van der Waals surface area contributed by atoms with E-state index in [-0.39, 0.29) is 5.91 Å².